The summed E-state index contributed by atoms with van der Waals surface area (Å²) in [5, 5.41) is 2.89. The summed E-state index contributed by atoms with van der Waals surface area (Å²) in [5.41, 5.74) is -0.695. The van der Waals surface area contributed by atoms with E-state index < -0.39 is 5.54 Å². The molecule has 1 aliphatic heterocycles. The molecule has 0 aromatic heterocycles. The molecule has 4 nitrogen and oxygen atoms in total. The van der Waals surface area contributed by atoms with Gasteiger partial charge in [-0.05, 0) is 38.0 Å². The van der Waals surface area contributed by atoms with Crippen molar-refractivity contribution in [1.82, 2.24) is 10.2 Å². The molecule has 3 amide bonds. The standard InChI is InChI=1S/C15H26N2O2/c1-11(2)9-15(3)13(18)17(14(19)16-15)10-12-7-5-4-6-8-12/h11-12H,4-10H2,1-3H3,(H,16,19). The molecule has 1 atom stereocenters. The lowest BCUT2D eigenvalue weighted by atomic mass is 9.88. The van der Waals surface area contributed by atoms with Crippen molar-refractivity contribution in [3.63, 3.8) is 0 Å². The van der Waals surface area contributed by atoms with E-state index in [2.05, 4.69) is 19.2 Å². The molecule has 2 aliphatic rings. The molecule has 1 unspecified atom stereocenters. The molecular weight excluding hydrogens is 240 g/mol. The average Bonchev–Trinajstić information content (AvgIpc) is 2.53. The summed E-state index contributed by atoms with van der Waals surface area (Å²) in [6.45, 7) is 6.62. The van der Waals surface area contributed by atoms with Crippen molar-refractivity contribution in [2.45, 2.75) is 64.8 Å². The average molecular weight is 266 g/mol. The van der Waals surface area contributed by atoms with Crippen molar-refractivity contribution in [3.05, 3.63) is 0 Å². The van der Waals surface area contributed by atoms with Gasteiger partial charge in [0.05, 0.1) is 0 Å². The van der Waals surface area contributed by atoms with Crippen LogP contribution in [0.25, 0.3) is 0 Å². The molecule has 2 fully saturated rings. The van der Waals surface area contributed by atoms with Crippen LogP contribution >= 0.6 is 0 Å². The van der Waals surface area contributed by atoms with E-state index in [0.29, 0.717) is 24.8 Å². The zero-order chi connectivity index (χ0) is 14.0. The van der Waals surface area contributed by atoms with Crippen LogP contribution in [0.4, 0.5) is 4.79 Å². The predicted molar refractivity (Wildman–Crippen MR) is 74.7 cm³/mol. The number of rotatable bonds is 4. The van der Waals surface area contributed by atoms with Crippen LogP contribution in [0.2, 0.25) is 0 Å². The molecule has 0 spiro atoms. The highest BCUT2D eigenvalue weighted by Crippen LogP contribution is 2.29. The third-order valence-corrected chi connectivity index (χ3v) is 4.33. The Hall–Kier alpha value is -1.06. The summed E-state index contributed by atoms with van der Waals surface area (Å²) in [4.78, 5) is 26.0. The summed E-state index contributed by atoms with van der Waals surface area (Å²) in [6.07, 6.45) is 6.77. The Labute approximate surface area is 115 Å². The summed E-state index contributed by atoms with van der Waals surface area (Å²) in [6, 6.07) is -0.196. The molecule has 1 saturated heterocycles. The van der Waals surface area contributed by atoms with E-state index in [1.165, 1.54) is 24.2 Å². The van der Waals surface area contributed by atoms with Crippen LogP contribution in [0.15, 0.2) is 0 Å². The predicted octanol–water partition coefficient (Wildman–Crippen LogP) is 2.92. The van der Waals surface area contributed by atoms with Crippen molar-refractivity contribution in [2.75, 3.05) is 6.54 Å². The van der Waals surface area contributed by atoms with Gasteiger partial charge in [0.25, 0.3) is 5.91 Å². The van der Waals surface area contributed by atoms with Crippen LogP contribution < -0.4 is 5.32 Å². The van der Waals surface area contributed by atoms with Crippen LogP contribution in [-0.4, -0.2) is 28.9 Å². The number of amides is 3. The van der Waals surface area contributed by atoms with Crippen LogP contribution in [0.5, 0.6) is 0 Å². The maximum atomic E-state index is 12.5. The van der Waals surface area contributed by atoms with Crippen LogP contribution in [0, 0.1) is 11.8 Å². The van der Waals surface area contributed by atoms with Gasteiger partial charge in [-0.25, -0.2) is 4.79 Å². The van der Waals surface area contributed by atoms with Gasteiger partial charge in [0.1, 0.15) is 5.54 Å². The number of nitrogens with zero attached hydrogens (tertiary/aromatic N) is 1. The first-order valence-corrected chi connectivity index (χ1v) is 7.56. The molecule has 1 aliphatic carbocycles. The van der Waals surface area contributed by atoms with E-state index in [0.717, 1.165) is 12.8 Å². The largest absolute Gasteiger partial charge is 0.325 e. The van der Waals surface area contributed by atoms with Crippen molar-refractivity contribution in [3.8, 4) is 0 Å². The second-order valence-electron chi connectivity index (χ2n) is 6.78. The normalized spacial score (nSPS) is 29.2. The minimum atomic E-state index is -0.695. The fourth-order valence-corrected chi connectivity index (χ4v) is 3.50. The summed E-state index contributed by atoms with van der Waals surface area (Å²) in [7, 11) is 0. The Morgan fingerprint density at radius 1 is 1.26 bits per heavy atom. The van der Waals surface area contributed by atoms with Crippen LogP contribution in [-0.2, 0) is 4.79 Å². The first-order valence-electron chi connectivity index (χ1n) is 7.56. The Balaban J connectivity index is 2.01. The van der Waals surface area contributed by atoms with Gasteiger partial charge in [-0.15, -0.1) is 0 Å². The van der Waals surface area contributed by atoms with Gasteiger partial charge in [0, 0.05) is 6.54 Å². The number of carbonyl (C=O) groups excluding carboxylic acids is 2. The Bertz CT molecular complexity index is 361. The number of imide groups is 1. The highest BCUT2D eigenvalue weighted by atomic mass is 16.2. The van der Waals surface area contributed by atoms with Gasteiger partial charge in [-0.1, -0.05) is 33.1 Å². The third kappa shape index (κ3) is 3.10. The second kappa shape index (κ2) is 5.51. The zero-order valence-electron chi connectivity index (χ0n) is 12.4. The Morgan fingerprint density at radius 3 is 2.47 bits per heavy atom. The highest BCUT2D eigenvalue weighted by molar-refractivity contribution is 6.06. The molecular formula is C15H26N2O2. The van der Waals surface area contributed by atoms with Gasteiger partial charge in [0.15, 0.2) is 0 Å². The molecule has 0 radical (unpaired) electrons. The van der Waals surface area contributed by atoms with E-state index in [1.54, 1.807) is 0 Å². The van der Waals surface area contributed by atoms with Gasteiger partial charge in [0.2, 0.25) is 0 Å². The molecule has 4 heteroatoms. The number of hydrogen-bond acceptors (Lipinski definition) is 2. The van der Waals surface area contributed by atoms with E-state index in [-0.39, 0.29) is 11.9 Å². The van der Waals surface area contributed by atoms with E-state index in [1.807, 2.05) is 6.92 Å². The van der Waals surface area contributed by atoms with Crippen molar-refractivity contribution in [1.29, 1.82) is 0 Å². The Morgan fingerprint density at radius 2 is 1.89 bits per heavy atom. The maximum Gasteiger partial charge on any atom is 0.325 e. The highest BCUT2D eigenvalue weighted by Gasteiger charge is 2.48. The number of urea groups is 1. The molecule has 1 saturated carbocycles. The van der Waals surface area contributed by atoms with Gasteiger partial charge in [-0.3, -0.25) is 9.69 Å². The van der Waals surface area contributed by atoms with E-state index >= 15 is 0 Å². The van der Waals surface area contributed by atoms with Gasteiger partial charge >= 0.3 is 6.03 Å². The van der Waals surface area contributed by atoms with Crippen molar-refractivity contribution < 1.29 is 9.59 Å². The number of hydrogen-bond donors (Lipinski definition) is 1. The quantitative estimate of drug-likeness (QED) is 0.795. The lowest BCUT2D eigenvalue weighted by Gasteiger charge is -2.27. The monoisotopic (exact) mass is 266 g/mol. The minimum Gasteiger partial charge on any atom is -0.323 e. The maximum absolute atomic E-state index is 12.5. The number of carbonyl (C=O) groups is 2. The fraction of sp³-hybridized carbons (Fsp3) is 0.867. The molecule has 1 N–H and O–H groups in total. The molecule has 108 valence electrons. The molecule has 19 heavy (non-hydrogen) atoms. The lowest BCUT2D eigenvalue weighted by molar-refractivity contribution is -0.131. The van der Waals surface area contributed by atoms with Crippen LogP contribution in [0.1, 0.15) is 59.3 Å². The second-order valence-corrected chi connectivity index (χ2v) is 6.78. The van der Waals surface area contributed by atoms with E-state index in [4.69, 9.17) is 0 Å². The molecule has 0 aromatic rings. The summed E-state index contributed by atoms with van der Waals surface area (Å²) >= 11 is 0. The fourth-order valence-electron chi connectivity index (χ4n) is 3.50. The lowest BCUT2D eigenvalue weighted by Crippen LogP contribution is -2.45. The topological polar surface area (TPSA) is 49.4 Å². The van der Waals surface area contributed by atoms with Gasteiger partial charge in [-0.2, -0.15) is 0 Å². The molecule has 0 bridgehead atoms. The minimum absolute atomic E-state index is 0.0308. The first-order chi connectivity index (χ1) is 8.92. The smallest absolute Gasteiger partial charge is 0.323 e. The van der Waals surface area contributed by atoms with Crippen molar-refractivity contribution in [2.24, 2.45) is 11.8 Å². The molecule has 0 aromatic carbocycles. The molecule has 2 rings (SSSR count). The van der Waals surface area contributed by atoms with Crippen molar-refractivity contribution >= 4 is 11.9 Å². The Kier molecular flexibility index (Phi) is 4.16. The zero-order valence-corrected chi connectivity index (χ0v) is 12.4. The summed E-state index contributed by atoms with van der Waals surface area (Å²) in [5.74, 6) is 0.866. The first kappa shape index (κ1) is 14.4. The molecule has 1 heterocycles. The summed E-state index contributed by atoms with van der Waals surface area (Å²) < 4.78 is 0. The van der Waals surface area contributed by atoms with E-state index in [9.17, 15) is 9.59 Å². The van der Waals surface area contributed by atoms with Gasteiger partial charge < -0.3 is 5.32 Å². The van der Waals surface area contributed by atoms with Crippen LogP contribution in [0.3, 0.4) is 0 Å². The third-order valence-electron chi connectivity index (χ3n) is 4.33. The SMILES string of the molecule is CC(C)CC1(C)NC(=O)N(CC2CCCCC2)C1=O. The number of nitrogens with one attached hydrogen (secondary N) is 1.